The lowest BCUT2D eigenvalue weighted by Crippen LogP contribution is -2.51. The minimum atomic E-state index is -0.0374. The van der Waals surface area contributed by atoms with Gasteiger partial charge in [-0.1, -0.05) is 55.3 Å². The van der Waals surface area contributed by atoms with Gasteiger partial charge < -0.3 is 10.2 Å². The fourth-order valence-corrected chi connectivity index (χ4v) is 4.50. The maximum Gasteiger partial charge on any atom is 0.251 e. The van der Waals surface area contributed by atoms with Gasteiger partial charge in [-0.2, -0.15) is 0 Å². The zero-order chi connectivity index (χ0) is 20.8. The van der Waals surface area contributed by atoms with E-state index in [9.17, 15) is 9.59 Å². The van der Waals surface area contributed by atoms with Gasteiger partial charge in [0.25, 0.3) is 5.91 Å². The average molecular weight is 406 g/mol. The summed E-state index contributed by atoms with van der Waals surface area (Å²) in [4.78, 5) is 29.3. The zero-order valence-electron chi connectivity index (χ0n) is 17.6. The highest BCUT2D eigenvalue weighted by Gasteiger charge is 2.29. The van der Waals surface area contributed by atoms with Crippen LogP contribution in [0.1, 0.15) is 36.0 Å². The number of rotatable bonds is 6. The monoisotopic (exact) mass is 405 g/mol. The van der Waals surface area contributed by atoms with Crippen molar-refractivity contribution in [3.8, 4) is 11.1 Å². The van der Waals surface area contributed by atoms with Crippen LogP contribution in [-0.2, 0) is 4.79 Å². The summed E-state index contributed by atoms with van der Waals surface area (Å²) < 4.78 is 0. The molecule has 30 heavy (non-hydrogen) atoms. The van der Waals surface area contributed by atoms with Crippen LogP contribution in [0.25, 0.3) is 11.1 Å². The summed E-state index contributed by atoms with van der Waals surface area (Å²) in [6, 6.07) is 17.9. The Morgan fingerprint density at radius 3 is 2.13 bits per heavy atom. The van der Waals surface area contributed by atoms with Crippen LogP contribution in [0.15, 0.2) is 54.6 Å². The van der Waals surface area contributed by atoms with Gasteiger partial charge in [0.15, 0.2) is 0 Å². The highest BCUT2D eigenvalue weighted by Crippen LogP contribution is 2.27. The van der Waals surface area contributed by atoms with Crippen molar-refractivity contribution >= 4 is 11.8 Å². The molecular formula is C25H31N3O2. The predicted octanol–water partition coefficient (Wildman–Crippen LogP) is 3.42. The van der Waals surface area contributed by atoms with Crippen molar-refractivity contribution in [2.24, 2.45) is 5.92 Å². The van der Waals surface area contributed by atoms with Gasteiger partial charge >= 0.3 is 0 Å². The van der Waals surface area contributed by atoms with Crippen molar-refractivity contribution in [2.75, 3.05) is 39.3 Å². The van der Waals surface area contributed by atoms with Gasteiger partial charge in [0.2, 0.25) is 5.91 Å². The lowest BCUT2D eigenvalue weighted by Gasteiger charge is -2.36. The van der Waals surface area contributed by atoms with E-state index in [0.29, 0.717) is 18.0 Å². The minimum Gasteiger partial charge on any atom is -0.351 e. The normalized spacial score (nSPS) is 17.8. The van der Waals surface area contributed by atoms with E-state index in [0.717, 1.165) is 56.7 Å². The van der Waals surface area contributed by atoms with Crippen molar-refractivity contribution < 1.29 is 9.59 Å². The van der Waals surface area contributed by atoms with Gasteiger partial charge in [-0.3, -0.25) is 14.5 Å². The van der Waals surface area contributed by atoms with Gasteiger partial charge in [-0.15, -0.1) is 0 Å². The molecule has 5 heteroatoms. The van der Waals surface area contributed by atoms with E-state index in [1.807, 2.05) is 47.4 Å². The number of hydrogen-bond acceptors (Lipinski definition) is 3. The van der Waals surface area contributed by atoms with E-state index >= 15 is 0 Å². The third-order valence-corrected chi connectivity index (χ3v) is 6.36. The first kappa shape index (κ1) is 20.6. The molecule has 2 fully saturated rings. The summed E-state index contributed by atoms with van der Waals surface area (Å²) in [6.07, 6.45) is 4.53. The standard InChI is InChI=1S/C25H31N3O2/c29-24(22-12-10-21(11-13-22)20-6-2-1-3-7-20)26-14-15-27-16-18-28(19-17-27)25(30)23-8-4-5-9-23/h1-3,6-7,10-13,23H,4-5,8-9,14-19H2,(H,26,29). The van der Waals surface area contributed by atoms with Crippen LogP contribution in [-0.4, -0.2) is 60.9 Å². The molecule has 0 spiro atoms. The number of carbonyl (C=O) groups excluding carboxylic acids is 2. The summed E-state index contributed by atoms with van der Waals surface area (Å²) in [6.45, 7) is 4.84. The van der Waals surface area contributed by atoms with E-state index in [2.05, 4.69) is 22.3 Å². The zero-order valence-corrected chi connectivity index (χ0v) is 17.6. The number of carbonyl (C=O) groups is 2. The Balaban J connectivity index is 1.18. The molecule has 2 aromatic carbocycles. The summed E-state index contributed by atoms with van der Waals surface area (Å²) in [5.74, 6) is 0.591. The molecule has 5 nitrogen and oxygen atoms in total. The van der Waals surface area contributed by atoms with Gasteiger partial charge in [-0.05, 0) is 36.1 Å². The third kappa shape index (κ3) is 5.08. The smallest absolute Gasteiger partial charge is 0.251 e. The third-order valence-electron chi connectivity index (χ3n) is 6.36. The summed E-state index contributed by atoms with van der Waals surface area (Å²) in [5, 5.41) is 3.02. The molecule has 158 valence electrons. The summed E-state index contributed by atoms with van der Waals surface area (Å²) in [7, 11) is 0. The number of amides is 2. The van der Waals surface area contributed by atoms with E-state index in [-0.39, 0.29) is 11.8 Å². The van der Waals surface area contributed by atoms with Crippen molar-refractivity contribution in [2.45, 2.75) is 25.7 Å². The fourth-order valence-electron chi connectivity index (χ4n) is 4.50. The van der Waals surface area contributed by atoms with Crippen LogP contribution in [0.3, 0.4) is 0 Å². The first-order valence-corrected chi connectivity index (χ1v) is 11.2. The van der Waals surface area contributed by atoms with Gasteiger partial charge in [0, 0.05) is 50.7 Å². The second kappa shape index (κ2) is 9.90. The summed E-state index contributed by atoms with van der Waals surface area (Å²) in [5.41, 5.74) is 2.94. The predicted molar refractivity (Wildman–Crippen MR) is 119 cm³/mol. The lowest BCUT2D eigenvalue weighted by atomic mass is 10.0. The number of nitrogens with zero attached hydrogens (tertiary/aromatic N) is 2. The molecule has 0 radical (unpaired) electrons. The Bertz CT molecular complexity index is 836. The van der Waals surface area contributed by atoms with Crippen LogP contribution in [0.5, 0.6) is 0 Å². The summed E-state index contributed by atoms with van der Waals surface area (Å²) >= 11 is 0. The topological polar surface area (TPSA) is 52.7 Å². The molecule has 0 aromatic heterocycles. The Hall–Kier alpha value is -2.66. The maximum atomic E-state index is 12.5. The van der Waals surface area contributed by atoms with E-state index in [1.54, 1.807) is 0 Å². The fraction of sp³-hybridized carbons (Fsp3) is 0.440. The molecule has 2 aliphatic rings. The second-order valence-corrected chi connectivity index (χ2v) is 8.35. The molecule has 1 N–H and O–H groups in total. The van der Waals surface area contributed by atoms with E-state index in [4.69, 9.17) is 0 Å². The Labute approximate surface area is 179 Å². The molecule has 1 aliphatic heterocycles. The Morgan fingerprint density at radius 1 is 0.833 bits per heavy atom. The molecule has 1 aliphatic carbocycles. The van der Waals surface area contributed by atoms with Crippen molar-refractivity contribution in [1.82, 2.24) is 15.1 Å². The number of hydrogen-bond donors (Lipinski definition) is 1. The molecule has 1 saturated carbocycles. The average Bonchev–Trinajstić information content (AvgIpc) is 3.35. The van der Waals surface area contributed by atoms with Crippen molar-refractivity contribution in [3.63, 3.8) is 0 Å². The van der Waals surface area contributed by atoms with Crippen LogP contribution in [0.4, 0.5) is 0 Å². The Kier molecular flexibility index (Phi) is 6.80. The number of piperazine rings is 1. The Morgan fingerprint density at radius 2 is 1.47 bits per heavy atom. The quantitative estimate of drug-likeness (QED) is 0.801. The number of nitrogens with one attached hydrogen (secondary N) is 1. The highest BCUT2D eigenvalue weighted by molar-refractivity contribution is 5.94. The molecule has 0 atom stereocenters. The molecule has 2 aromatic rings. The van der Waals surface area contributed by atoms with Crippen LogP contribution in [0, 0.1) is 5.92 Å². The molecule has 1 heterocycles. The van der Waals surface area contributed by atoms with Gasteiger partial charge in [0.05, 0.1) is 0 Å². The first-order valence-electron chi connectivity index (χ1n) is 11.2. The molecular weight excluding hydrogens is 374 g/mol. The van der Waals surface area contributed by atoms with Crippen molar-refractivity contribution in [1.29, 1.82) is 0 Å². The molecule has 1 saturated heterocycles. The first-order chi connectivity index (χ1) is 14.7. The largest absolute Gasteiger partial charge is 0.351 e. The second-order valence-electron chi connectivity index (χ2n) is 8.35. The minimum absolute atomic E-state index is 0.0374. The number of benzene rings is 2. The van der Waals surface area contributed by atoms with Gasteiger partial charge in [0.1, 0.15) is 0 Å². The molecule has 2 amide bonds. The van der Waals surface area contributed by atoms with Crippen molar-refractivity contribution in [3.05, 3.63) is 60.2 Å². The van der Waals surface area contributed by atoms with E-state index in [1.165, 1.54) is 12.8 Å². The highest BCUT2D eigenvalue weighted by atomic mass is 16.2. The van der Waals surface area contributed by atoms with Crippen LogP contribution < -0.4 is 5.32 Å². The molecule has 0 bridgehead atoms. The van der Waals surface area contributed by atoms with Gasteiger partial charge in [-0.25, -0.2) is 0 Å². The van der Waals surface area contributed by atoms with Crippen LogP contribution in [0.2, 0.25) is 0 Å². The SMILES string of the molecule is O=C(NCCN1CCN(C(=O)C2CCCC2)CC1)c1ccc(-c2ccccc2)cc1. The lowest BCUT2D eigenvalue weighted by molar-refractivity contribution is -0.137. The maximum absolute atomic E-state index is 12.5. The molecule has 0 unspecified atom stereocenters. The van der Waals surface area contributed by atoms with E-state index < -0.39 is 0 Å². The van der Waals surface area contributed by atoms with Crippen LogP contribution >= 0.6 is 0 Å². The molecule has 4 rings (SSSR count).